The lowest BCUT2D eigenvalue weighted by atomic mass is 10.2. The molecule has 0 aliphatic rings. The highest BCUT2D eigenvalue weighted by Gasteiger charge is 2.11. The number of benzene rings is 2. The normalized spacial score (nSPS) is 10.4. The van der Waals surface area contributed by atoms with Gasteiger partial charge in [-0.1, -0.05) is 15.9 Å². The molecule has 0 aliphatic heterocycles. The van der Waals surface area contributed by atoms with E-state index in [1.54, 1.807) is 31.4 Å². The average molecular weight is 450 g/mol. The van der Waals surface area contributed by atoms with Crippen molar-refractivity contribution in [2.24, 2.45) is 5.10 Å². The zero-order valence-corrected chi connectivity index (χ0v) is 17.2. The van der Waals surface area contributed by atoms with Crippen LogP contribution >= 0.6 is 15.9 Å². The van der Waals surface area contributed by atoms with E-state index in [0.29, 0.717) is 28.4 Å². The molecule has 28 heavy (non-hydrogen) atoms. The summed E-state index contributed by atoms with van der Waals surface area (Å²) in [6.07, 6.45) is 1.46. The summed E-state index contributed by atoms with van der Waals surface area (Å²) in [6, 6.07) is 10.1. The van der Waals surface area contributed by atoms with E-state index in [4.69, 9.17) is 14.2 Å². The molecule has 0 radical (unpaired) electrons. The summed E-state index contributed by atoms with van der Waals surface area (Å²) < 4.78 is 16.4. The lowest BCUT2D eigenvalue weighted by Crippen LogP contribution is -2.34. The van der Waals surface area contributed by atoms with Crippen LogP contribution in [0.15, 0.2) is 46.0 Å². The molecule has 9 heteroatoms. The third-order valence-electron chi connectivity index (χ3n) is 3.64. The summed E-state index contributed by atoms with van der Waals surface area (Å²) in [5.74, 6) is 0.650. The molecule has 2 aromatic carbocycles. The maximum Gasteiger partial charge on any atom is 0.259 e. The third-order valence-corrected chi connectivity index (χ3v) is 4.13. The molecular weight excluding hydrogens is 430 g/mol. The van der Waals surface area contributed by atoms with E-state index in [-0.39, 0.29) is 6.54 Å². The Balaban J connectivity index is 1.90. The molecule has 0 spiro atoms. The van der Waals surface area contributed by atoms with Crippen LogP contribution < -0.4 is 25.0 Å². The fourth-order valence-corrected chi connectivity index (χ4v) is 2.64. The van der Waals surface area contributed by atoms with E-state index in [1.165, 1.54) is 26.5 Å². The smallest absolute Gasteiger partial charge is 0.259 e. The number of nitrogens with zero attached hydrogens (tertiary/aromatic N) is 1. The van der Waals surface area contributed by atoms with E-state index >= 15 is 0 Å². The molecule has 0 unspecified atom stereocenters. The molecular formula is C19H20BrN3O5. The monoisotopic (exact) mass is 449 g/mol. The number of amides is 2. The zero-order valence-electron chi connectivity index (χ0n) is 15.6. The Morgan fingerprint density at radius 2 is 1.68 bits per heavy atom. The Bertz CT molecular complexity index is 886. The summed E-state index contributed by atoms with van der Waals surface area (Å²) in [4.78, 5) is 24.1. The highest BCUT2D eigenvalue weighted by molar-refractivity contribution is 9.10. The molecule has 2 N–H and O–H groups in total. The summed E-state index contributed by atoms with van der Waals surface area (Å²) in [7, 11) is 4.53. The molecule has 0 fully saturated rings. The SMILES string of the molecule is COc1ccc(Br)cc1/C=N/NC(=O)CNC(=O)c1ccc(OC)c(OC)c1. The van der Waals surface area contributed by atoms with Crippen molar-refractivity contribution in [1.29, 1.82) is 0 Å². The quantitative estimate of drug-likeness (QED) is 0.476. The van der Waals surface area contributed by atoms with E-state index in [0.717, 1.165) is 4.47 Å². The van der Waals surface area contributed by atoms with Gasteiger partial charge in [0.15, 0.2) is 11.5 Å². The van der Waals surface area contributed by atoms with Gasteiger partial charge in [-0.15, -0.1) is 0 Å². The molecule has 0 saturated carbocycles. The van der Waals surface area contributed by atoms with Gasteiger partial charge in [0.25, 0.3) is 11.8 Å². The van der Waals surface area contributed by atoms with E-state index in [9.17, 15) is 9.59 Å². The van der Waals surface area contributed by atoms with E-state index in [1.807, 2.05) is 6.07 Å². The number of nitrogens with one attached hydrogen (secondary N) is 2. The van der Waals surface area contributed by atoms with E-state index < -0.39 is 11.8 Å². The molecule has 148 valence electrons. The second-order valence-electron chi connectivity index (χ2n) is 5.43. The van der Waals surface area contributed by atoms with Gasteiger partial charge in [0.2, 0.25) is 0 Å². The summed E-state index contributed by atoms with van der Waals surface area (Å²) in [5.41, 5.74) is 3.38. The minimum Gasteiger partial charge on any atom is -0.496 e. The maximum atomic E-state index is 12.2. The first-order valence-electron chi connectivity index (χ1n) is 8.14. The number of hydrazone groups is 1. The van der Waals surface area contributed by atoms with Crippen molar-refractivity contribution in [3.8, 4) is 17.2 Å². The van der Waals surface area contributed by atoms with Gasteiger partial charge in [-0.05, 0) is 36.4 Å². The van der Waals surface area contributed by atoms with Gasteiger partial charge in [-0.3, -0.25) is 9.59 Å². The number of carbonyl (C=O) groups is 2. The average Bonchev–Trinajstić information content (AvgIpc) is 2.71. The first-order chi connectivity index (χ1) is 13.5. The van der Waals surface area contributed by atoms with Crippen LogP contribution in [-0.4, -0.2) is 45.9 Å². The lowest BCUT2D eigenvalue weighted by Gasteiger charge is -2.09. The predicted molar refractivity (Wildman–Crippen MR) is 108 cm³/mol. The number of rotatable bonds is 8. The molecule has 2 aromatic rings. The van der Waals surface area contributed by atoms with Crippen molar-refractivity contribution in [2.45, 2.75) is 0 Å². The van der Waals surface area contributed by atoms with Crippen LogP contribution in [-0.2, 0) is 4.79 Å². The van der Waals surface area contributed by atoms with Gasteiger partial charge < -0.3 is 19.5 Å². The van der Waals surface area contributed by atoms with Crippen molar-refractivity contribution in [2.75, 3.05) is 27.9 Å². The van der Waals surface area contributed by atoms with Gasteiger partial charge in [-0.25, -0.2) is 5.43 Å². The Morgan fingerprint density at radius 3 is 2.36 bits per heavy atom. The second-order valence-corrected chi connectivity index (χ2v) is 6.35. The summed E-state index contributed by atoms with van der Waals surface area (Å²) in [5, 5.41) is 6.39. The predicted octanol–water partition coefficient (Wildman–Crippen LogP) is 2.36. The number of halogens is 1. The van der Waals surface area contributed by atoms with Crippen molar-refractivity contribution in [1.82, 2.24) is 10.7 Å². The van der Waals surface area contributed by atoms with Crippen LogP contribution in [0.1, 0.15) is 15.9 Å². The van der Waals surface area contributed by atoms with Crippen LogP contribution in [0.5, 0.6) is 17.2 Å². The second kappa shape index (κ2) is 10.3. The Hall–Kier alpha value is -3.07. The minimum atomic E-state index is -0.473. The summed E-state index contributed by atoms with van der Waals surface area (Å²) >= 11 is 3.36. The fourth-order valence-electron chi connectivity index (χ4n) is 2.26. The van der Waals surface area contributed by atoms with Crippen LogP contribution in [0.3, 0.4) is 0 Å². The fraction of sp³-hybridized carbons (Fsp3) is 0.211. The molecule has 0 aliphatic carbocycles. The van der Waals surface area contributed by atoms with E-state index in [2.05, 4.69) is 31.8 Å². The zero-order chi connectivity index (χ0) is 20.5. The Morgan fingerprint density at radius 1 is 1.00 bits per heavy atom. The van der Waals surface area contributed by atoms with Crippen molar-refractivity contribution >= 4 is 34.0 Å². The number of ether oxygens (including phenoxy) is 3. The molecule has 0 heterocycles. The van der Waals surface area contributed by atoms with Gasteiger partial charge in [-0.2, -0.15) is 5.10 Å². The Kier molecular flexibility index (Phi) is 7.82. The van der Waals surface area contributed by atoms with Gasteiger partial charge in [0.1, 0.15) is 5.75 Å². The van der Waals surface area contributed by atoms with Gasteiger partial charge in [0, 0.05) is 15.6 Å². The highest BCUT2D eigenvalue weighted by atomic mass is 79.9. The standard InChI is InChI=1S/C19H20BrN3O5/c1-26-15-7-5-14(20)8-13(15)10-22-23-18(24)11-21-19(25)12-4-6-16(27-2)17(9-12)28-3/h4-10H,11H2,1-3H3,(H,21,25)(H,23,24)/b22-10+. The van der Waals surface area contributed by atoms with Crippen LogP contribution in [0.4, 0.5) is 0 Å². The molecule has 0 atom stereocenters. The molecule has 8 nitrogen and oxygen atoms in total. The molecule has 2 rings (SSSR count). The lowest BCUT2D eigenvalue weighted by molar-refractivity contribution is -0.120. The number of hydrogen-bond acceptors (Lipinski definition) is 6. The first kappa shape index (κ1) is 21.2. The van der Waals surface area contributed by atoms with Crippen LogP contribution in [0.2, 0.25) is 0 Å². The van der Waals surface area contributed by atoms with Crippen molar-refractivity contribution in [3.05, 3.63) is 52.0 Å². The summed E-state index contributed by atoms with van der Waals surface area (Å²) in [6.45, 7) is -0.236. The van der Waals surface area contributed by atoms with Gasteiger partial charge in [0.05, 0.1) is 34.1 Å². The maximum absolute atomic E-state index is 12.2. The number of hydrogen-bond donors (Lipinski definition) is 2. The third kappa shape index (κ3) is 5.71. The topological polar surface area (TPSA) is 98.2 Å². The molecule has 0 aromatic heterocycles. The van der Waals surface area contributed by atoms with Gasteiger partial charge >= 0.3 is 0 Å². The minimum absolute atomic E-state index is 0.236. The number of carbonyl (C=O) groups excluding carboxylic acids is 2. The molecule has 0 bridgehead atoms. The molecule has 2 amide bonds. The first-order valence-corrected chi connectivity index (χ1v) is 8.93. The molecule has 0 saturated heterocycles. The number of methoxy groups -OCH3 is 3. The van der Waals surface area contributed by atoms with Crippen LogP contribution in [0, 0.1) is 0 Å². The Labute approximate surface area is 171 Å². The van der Waals surface area contributed by atoms with Crippen molar-refractivity contribution < 1.29 is 23.8 Å². The largest absolute Gasteiger partial charge is 0.496 e. The highest BCUT2D eigenvalue weighted by Crippen LogP contribution is 2.27. The van der Waals surface area contributed by atoms with Crippen LogP contribution in [0.25, 0.3) is 0 Å². The van der Waals surface area contributed by atoms with Crippen molar-refractivity contribution in [3.63, 3.8) is 0 Å².